The average molecular weight is 266 g/mol. The molecule has 1 heteroatoms. The van der Waals surface area contributed by atoms with Gasteiger partial charge < -0.3 is 5.11 Å². The average Bonchev–Trinajstić information content (AvgIpc) is 2.48. The molecule has 0 aromatic rings. The van der Waals surface area contributed by atoms with Gasteiger partial charge in [-0.3, -0.25) is 0 Å². The highest BCUT2D eigenvalue weighted by molar-refractivity contribution is 4.82. The van der Waals surface area contributed by atoms with Crippen molar-refractivity contribution in [3.05, 3.63) is 0 Å². The van der Waals surface area contributed by atoms with Crippen LogP contribution >= 0.6 is 0 Å². The van der Waals surface area contributed by atoms with Gasteiger partial charge >= 0.3 is 0 Å². The van der Waals surface area contributed by atoms with Gasteiger partial charge in [0.2, 0.25) is 0 Å². The minimum Gasteiger partial charge on any atom is -0.393 e. The first kappa shape index (κ1) is 15.4. The molecule has 2 aliphatic carbocycles. The van der Waals surface area contributed by atoms with Gasteiger partial charge in [-0.2, -0.15) is 0 Å². The molecule has 0 amide bonds. The van der Waals surface area contributed by atoms with Gasteiger partial charge in [-0.25, -0.2) is 0 Å². The summed E-state index contributed by atoms with van der Waals surface area (Å²) in [5.41, 5.74) is 0. The second-order valence-electron chi connectivity index (χ2n) is 7.14. The Morgan fingerprint density at radius 1 is 0.842 bits per heavy atom. The van der Waals surface area contributed by atoms with E-state index in [2.05, 4.69) is 6.92 Å². The maximum Gasteiger partial charge on any atom is 0.0568 e. The number of aliphatic hydroxyl groups is 1. The van der Waals surface area contributed by atoms with Crippen molar-refractivity contribution in [2.45, 2.75) is 96.5 Å². The Morgan fingerprint density at radius 3 is 2.11 bits per heavy atom. The van der Waals surface area contributed by atoms with Crippen LogP contribution in [0.5, 0.6) is 0 Å². The summed E-state index contributed by atoms with van der Waals surface area (Å²) in [6.07, 6.45) is 17.6. The third-order valence-electron chi connectivity index (χ3n) is 5.78. The van der Waals surface area contributed by atoms with E-state index in [-0.39, 0.29) is 6.10 Å². The van der Waals surface area contributed by atoms with Gasteiger partial charge in [0.15, 0.2) is 0 Å². The fourth-order valence-electron chi connectivity index (χ4n) is 4.45. The van der Waals surface area contributed by atoms with Crippen molar-refractivity contribution in [3.63, 3.8) is 0 Å². The zero-order chi connectivity index (χ0) is 13.5. The Morgan fingerprint density at radius 2 is 1.47 bits per heavy atom. The van der Waals surface area contributed by atoms with E-state index in [1.807, 2.05) is 0 Å². The Hall–Kier alpha value is -0.0400. The van der Waals surface area contributed by atoms with Gasteiger partial charge in [-0.05, 0) is 49.9 Å². The molecule has 1 unspecified atom stereocenters. The van der Waals surface area contributed by atoms with Crippen LogP contribution in [0.15, 0.2) is 0 Å². The lowest BCUT2D eigenvalue weighted by atomic mass is 9.70. The van der Waals surface area contributed by atoms with Crippen LogP contribution in [-0.2, 0) is 0 Å². The molecule has 0 aromatic carbocycles. The summed E-state index contributed by atoms with van der Waals surface area (Å²) in [4.78, 5) is 0. The fourth-order valence-corrected chi connectivity index (χ4v) is 4.45. The van der Waals surface area contributed by atoms with E-state index in [9.17, 15) is 5.11 Å². The van der Waals surface area contributed by atoms with Crippen molar-refractivity contribution >= 4 is 0 Å². The summed E-state index contributed by atoms with van der Waals surface area (Å²) in [7, 11) is 0. The molecule has 1 nitrogen and oxygen atoms in total. The Labute approximate surface area is 120 Å². The molecule has 19 heavy (non-hydrogen) atoms. The number of hydrogen-bond acceptors (Lipinski definition) is 1. The van der Waals surface area contributed by atoms with Crippen LogP contribution in [0.2, 0.25) is 0 Å². The van der Waals surface area contributed by atoms with Gasteiger partial charge in [-0.15, -0.1) is 0 Å². The highest BCUT2D eigenvalue weighted by Crippen LogP contribution is 2.41. The Kier molecular flexibility index (Phi) is 6.70. The summed E-state index contributed by atoms with van der Waals surface area (Å²) >= 11 is 0. The highest BCUT2D eigenvalue weighted by atomic mass is 16.3. The standard InChI is InChI=1S/C18H34O/c1-2-3-5-10-18(19)17-13-11-16(12-14-17)15-8-6-4-7-9-15/h15-19H,2-14H2,1H3. The second kappa shape index (κ2) is 8.29. The lowest BCUT2D eigenvalue weighted by Gasteiger charge is -2.37. The van der Waals surface area contributed by atoms with Crippen LogP contribution in [-0.4, -0.2) is 11.2 Å². The first-order valence-electron chi connectivity index (χ1n) is 8.99. The smallest absolute Gasteiger partial charge is 0.0568 e. The number of aliphatic hydroxyl groups excluding tert-OH is 1. The van der Waals surface area contributed by atoms with E-state index in [4.69, 9.17) is 0 Å². The van der Waals surface area contributed by atoms with E-state index in [0.717, 1.165) is 18.3 Å². The molecule has 2 rings (SSSR count). The minimum absolute atomic E-state index is 0.00106. The van der Waals surface area contributed by atoms with Crippen LogP contribution in [0.3, 0.4) is 0 Å². The van der Waals surface area contributed by atoms with E-state index >= 15 is 0 Å². The number of rotatable bonds is 6. The van der Waals surface area contributed by atoms with Crippen molar-refractivity contribution in [1.82, 2.24) is 0 Å². The third kappa shape index (κ3) is 4.77. The van der Waals surface area contributed by atoms with Crippen LogP contribution in [0.1, 0.15) is 90.4 Å². The molecular weight excluding hydrogens is 232 g/mol. The lowest BCUT2D eigenvalue weighted by molar-refractivity contribution is 0.0524. The number of unbranched alkanes of at least 4 members (excludes halogenated alkanes) is 2. The molecule has 112 valence electrons. The van der Waals surface area contributed by atoms with Crippen LogP contribution in [0.4, 0.5) is 0 Å². The number of hydrogen-bond donors (Lipinski definition) is 1. The molecule has 0 bridgehead atoms. The molecule has 2 saturated carbocycles. The Bertz CT molecular complexity index is 224. The van der Waals surface area contributed by atoms with Crippen molar-refractivity contribution in [2.75, 3.05) is 0 Å². The van der Waals surface area contributed by atoms with Gasteiger partial charge in [0.05, 0.1) is 6.10 Å². The summed E-state index contributed by atoms with van der Waals surface area (Å²) in [5, 5.41) is 10.3. The molecule has 0 radical (unpaired) electrons. The summed E-state index contributed by atoms with van der Waals surface area (Å²) in [6.45, 7) is 2.24. The first-order valence-corrected chi connectivity index (χ1v) is 8.99. The van der Waals surface area contributed by atoms with E-state index in [0.29, 0.717) is 5.92 Å². The molecule has 2 fully saturated rings. The largest absolute Gasteiger partial charge is 0.393 e. The fraction of sp³-hybridized carbons (Fsp3) is 1.00. The summed E-state index contributed by atoms with van der Waals surface area (Å²) < 4.78 is 0. The Balaban J connectivity index is 1.66. The van der Waals surface area contributed by atoms with E-state index < -0.39 is 0 Å². The quantitative estimate of drug-likeness (QED) is 0.646. The molecule has 0 aromatic heterocycles. The van der Waals surface area contributed by atoms with Gasteiger partial charge in [-0.1, -0.05) is 58.3 Å². The molecule has 1 N–H and O–H groups in total. The molecule has 0 aliphatic heterocycles. The zero-order valence-electron chi connectivity index (χ0n) is 12.9. The maximum absolute atomic E-state index is 10.3. The normalized spacial score (nSPS) is 31.3. The van der Waals surface area contributed by atoms with Crippen LogP contribution in [0.25, 0.3) is 0 Å². The van der Waals surface area contributed by atoms with Crippen LogP contribution in [0, 0.1) is 17.8 Å². The third-order valence-corrected chi connectivity index (χ3v) is 5.78. The highest BCUT2D eigenvalue weighted by Gasteiger charge is 2.30. The van der Waals surface area contributed by atoms with Crippen molar-refractivity contribution < 1.29 is 5.11 Å². The molecule has 0 spiro atoms. The lowest BCUT2D eigenvalue weighted by Crippen LogP contribution is -2.29. The van der Waals surface area contributed by atoms with Gasteiger partial charge in [0.1, 0.15) is 0 Å². The van der Waals surface area contributed by atoms with Crippen LogP contribution < -0.4 is 0 Å². The second-order valence-corrected chi connectivity index (χ2v) is 7.14. The summed E-state index contributed by atoms with van der Waals surface area (Å²) in [5.74, 6) is 2.66. The molecule has 0 heterocycles. The van der Waals surface area contributed by atoms with Crippen molar-refractivity contribution in [2.24, 2.45) is 17.8 Å². The predicted molar refractivity (Wildman–Crippen MR) is 82.2 cm³/mol. The van der Waals surface area contributed by atoms with E-state index in [1.54, 1.807) is 0 Å². The minimum atomic E-state index is -0.00106. The first-order chi connectivity index (χ1) is 9.31. The van der Waals surface area contributed by atoms with Gasteiger partial charge in [0.25, 0.3) is 0 Å². The predicted octanol–water partition coefficient (Wildman–Crippen LogP) is 5.31. The van der Waals surface area contributed by atoms with Crippen molar-refractivity contribution in [3.8, 4) is 0 Å². The molecular formula is C18H34O. The SMILES string of the molecule is CCCCCC(O)C1CCC(C2CCCCC2)CC1. The van der Waals surface area contributed by atoms with Gasteiger partial charge in [0, 0.05) is 0 Å². The zero-order valence-corrected chi connectivity index (χ0v) is 12.9. The van der Waals surface area contributed by atoms with Crippen molar-refractivity contribution in [1.29, 1.82) is 0 Å². The molecule has 1 atom stereocenters. The monoisotopic (exact) mass is 266 g/mol. The molecule has 2 aliphatic rings. The van der Waals surface area contributed by atoms with E-state index in [1.165, 1.54) is 77.0 Å². The topological polar surface area (TPSA) is 20.2 Å². The molecule has 0 saturated heterocycles. The summed E-state index contributed by atoms with van der Waals surface area (Å²) in [6, 6.07) is 0. The maximum atomic E-state index is 10.3.